The third-order valence-corrected chi connectivity index (χ3v) is 10.2. The molecule has 0 bridgehead atoms. The molecule has 0 N–H and O–H groups in total. The first-order valence-electron chi connectivity index (χ1n) is 18.5. The number of hydrogen-bond donors (Lipinski definition) is 0. The van der Waals surface area contributed by atoms with Crippen molar-refractivity contribution in [3.8, 4) is 73.2 Å². The molecule has 0 aliphatic heterocycles. The molecule has 0 radical (unpaired) electrons. The highest BCUT2D eigenvalue weighted by Crippen LogP contribution is 2.42. The summed E-state index contributed by atoms with van der Waals surface area (Å²) >= 11 is 0. The van der Waals surface area contributed by atoms with Crippen molar-refractivity contribution in [1.29, 1.82) is 0 Å². The molecular formula is C51H34N4. The van der Waals surface area contributed by atoms with Crippen molar-refractivity contribution in [1.82, 2.24) is 19.5 Å². The van der Waals surface area contributed by atoms with Crippen LogP contribution in [0.5, 0.6) is 0 Å². The van der Waals surface area contributed by atoms with Gasteiger partial charge in [0.05, 0.1) is 11.0 Å². The number of nitrogens with zero attached hydrogens (tertiary/aromatic N) is 4. The summed E-state index contributed by atoms with van der Waals surface area (Å²) in [6, 6.07) is 72.4. The van der Waals surface area contributed by atoms with Crippen molar-refractivity contribution in [2.45, 2.75) is 0 Å². The van der Waals surface area contributed by atoms with Crippen LogP contribution in [0.15, 0.2) is 206 Å². The first kappa shape index (κ1) is 32.2. The van der Waals surface area contributed by atoms with Crippen LogP contribution in [-0.4, -0.2) is 19.5 Å². The average Bonchev–Trinajstić information content (AvgIpc) is 3.61. The molecular weight excluding hydrogens is 669 g/mol. The summed E-state index contributed by atoms with van der Waals surface area (Å²) in [6.07, 6.45) is 0. The van der Waals surface area contributed by atoms with Gasteiger partial charge in [-0.25, -0.2) is 15.0 Å². The van der Waals surface area contributed by atoms with E-state index in [1.807, 2.05) is 60.7 Å². The highest BCUT2D eigenvalue weighted by atomic mass is 15.0. The summed E-state index contributed by atoms with van der Waals surface area (Å²) in [4.78, 5) is 14.7. The van der Waals surface area contributed by atoms with E-state index in [2.05, 4.69) is 150 Å². The minimum Gasteiger partial charge on any atom is -0.309 e. The second kappa shape index (κ2) is 13.8. The fourth-order valence-corrected chi connectivity index (χ4v) is 7.59. The third kappa shape index (κ3) is 6.06. The normalized spacial score (nSPS) is 11.3. The first-order valence-corrected chi connectivity index (χ1v) is 18.5. The van der Waals surface area contributed by atoms with Gasteiger partial charge in [-0.05, 0) is 63.7 Å². The molecule has 0 fully saturated rings. The summed E-state index contributed by atoms with van der Waals surface area (Å²) in [6.45, 7) is 0. The summed E-state index contributed by atoms with van der Waals surface area (Å²) in [5.74, 6) is 1.94. The number of aromatic nitrogens is 4. The van der Waals surface area contributed by atoms with Crippen LogP contribution in [0.3, 0.4) is 0 Å². The van der Waals surface area contributed by atoms with E-state index in [1.165, 1.54) is 44.1 Å². The number of benzene rings is 8. The molecule has 8 aromatic carbocycles. The van der Waals surface area contributed by atoms with E-state index in [4.69, 9.17) is 15.0 Å². The van der Waals surface area contributed by atoms with Crippen LogP contribution in [0.25, 0.3) is 95.0 Å². The summed E-state index contributed by atoms with van der Waals surface area (Å²) in [7, 11) is 0. The van der Waals surface area contributed by atoms with E-state index in [9.17, 15) is 0 Å². The molecule has 0 amide bonds. The molecule has 0 aliphatic carbocycles. The molecule has 0 saturated carbocycles. The van der Waals surface area contributed by atoms with Gasteiger partial charge in [-0.15, -0.1) is 0 Å². The molecule has 2 heterocycles. The van der Waals surface area contributed by atoms with Crippen molar-refractivity contribution in [3.05, 3.63) is 206 Å². The van der Waals surface area contributed by atoms with Crippen LogP contribution >= 0.6 is 0 Å². The van der Waals surface area contributed by atoms with Crippen molar-refractivity contribution < 1.29 is 0 Å². The Morgan fingerprint density at radius 2 is 0.745 bits per heavy atom. The lowest BCUT2D eigenvalue weighted by atomic mass is 9.94. The monoisotopic (exact) mass is 702 g/mol. The lowest BCUT2D eigenvalue weighted by molar-refractivity contribution is 1.07. The minimum absolute atomic E-state index is 0.640. The Morgan fingerprint density at radius 1 is 0.291 bits per heavy atom. The van der Waals surface area contributed by atoms with E-state index in [-0.39, 0.29) is 0 Å². The van der Waals surface area contributed by atoms with Gasteiger partial charge in [-0.1, -0.05) is 176 Å². The Morgan fingerprint density at radius 3 is 1.35 bits per heavy atom. The third-order valence-electron chi connectivity index (χ3n) is 10.2. The lowest BCUT2D eigenvalue weighted by Gasteiger charge is -2.13. The summed E-state index contributed by atoms with van der Waals surface area (Å²) in [5.41, 5.74) is 13.3. The van der Waals surface area contributed by atoms with Crippen LogP contribution < -0.4 is 0 Å². The number of rotatable bonds is 7. The van der Waals surface area contributed by atoms with E-state index in [1.54, 1.807) is 0 Å². The van der Waals surface area contributed by atoms with Crippen molar-refractivity contribution in [2.75, 3.05) is 0 Å². The highest BCUT2D eigenvalue weighted by Gasteiger charge is 2.19. The van der Waals surface area contributed by atoms with Gasteiger partial charge in [0, 0.05) is 33.2 Å². The quantitative estimate of drug-likeness (QED) is 0.166. The highest BCUT2D eigenvalue weighted by molar-refractivity contribution is 6.17. The van der Waals surface area contributed by atoms with Gasteiger partial charge in [0.25, 0.3) is 0 Å². The summed E-state index contributed by atoms with van der Waals surface area (Å²) in [5, 5.41) is 2.48. The van der Waals surface area contributed by atoms with Crippen molar-refractivity contribution in [3.63, 3.8) is 0 Å². The van der Waals surface area contributed by atoms with Crippen LogP contribution in [-0.2, 0) is 0 Å². The average molecular weight is 703 g/mol. The van der Waals surface area contributed by atoms with E-state index in [0.717, 1.165) is 33.5 Å². The van der Waals surface area contributed by atoms with E-state index in [0.29, 0.717) is 17.5 Å². The Balaban J connectivity index is 1.09. The first-order chi connectivity index (χ1) is 27.3. The fourth-order valence-electron chi connectivity index (χ4n) is 7.59. The molecule has 0 saturated heterocycles. The van der Waals surface area contributed by atoms with Crippen LogP contribution in [0, 0.1) is 0 Å². The van der Waals surface area contributed by atoms with Gasteiger partial charge in [0.2, 0.25) is 0 Å². The topological polar surface area (TPSA) is 43.6 Å². The molecule has 10 aromatic rings. The maximum atomic E-state index is 4.94. The Labute approximate surface area is 319 Å². The van der Waals surface area contributed by atoms with Crippen molar-refractivity contribution in [2.24, 2.45) is 0 Å². The number of hydrogen-bond acceptors (Lipinski definition) is 3. The molecule has 0 unspecified atom stereocenters. The van der Waals surface area contributed by atoms with Gasteiger partial charge >= 0.3 is 0 Å². The maximum absolute atomic E-state index is 4.94. The van der Waals surface area contributed by atoms with Gasteiger partial charge < -0.3 is 4.57 Å². The molecule has 258 valence electrons. The zero-order valence-corrected chi connectivity index (χ0v) is 29.9. The molecule has 0 spiro atoms. The predicted octanol–water partition coefficient (Wildman–Crippen LogP) is 13.0. The Kier molecular flexibility index (Phi) is 8.12. The zero-order chi connectivity index (χ0) is 36.6. The largest absolute Gasteiger partial charge is 0.309 e. The standard InChI is InChI=1S/C51H34N4/c1-5-16-35(17-6-1)42-33-45(37-18-7-2-8-19-37)48-44-26-13-14-27-46(44)55(47(48)34-42)43-25-15-24-41(32-43)36-28-30-40(31-29-36)51-53-49(38-20-9-3-10-21-38)52-50(54-51)39-22-11-4-12-23-39/h1-34H. The van der Waals surface area contributed by atoms with Crippen LogP contribution in [0.4, 0.5) is 0 Å². The second-order valence-electron chi connectivity index (χ2n) is 13.7. The van der Waals surface area contributed by atoms with E-state index < -0.39 is 0 Å². The predicted molar refractivity (Wildman–Crippen MR) is 227 cm³/mol. The number of fused-ring (bicyclic) bond motifs is 3. The second-order valence-corrected chi connectivity index (χ2v) is 13.7. The van der Waals surface area contributed by atoms with Gasteiger partial charge in [0.1, 0.15) is 0 Å². The fraction of sp³-hybridized carbons (Fsp3) is 0. The molecule has 0 atom stereocenters. The van der Waals surface area contributed by atoms with Gasteiger partial charge in [-0.2, -0.15) is 0 Å². The molecule has 2 aromatic heterocycles. The van der Waals surface area contributed by atoms with Gasteiger partial charge in [-0.3, -0.25) is 0 Å². The van der Waals surface area contributed by atoms with Crippen molar-refractivity contribution >= 4 is 21.8 Å². The lowest BCUT2D eigenvalue weighted by Crippen LogP contribution is -2.00. The van der Waals surface area contributed by atoms with E-state index >= 15 is 0 Å². The maximum Gasteiger partial charge on any atom is 0.164 e. The molecule has 0 aliphatic rings. The minimum atomic E-state index is 0.640. The van der Waals surface area contributed by atoms with Gasteiger partial charge in [0.15, 0.2) is 17.5 Å². The molecule has 10 rings (SSSR count). The SMILES string of the molecule is c1ccc(-c2cc(-c3ccccc3)c3c4ccccc4n(-c4cccc(-c5ccc(-c6nc(-c7ccccc7)nc(-c7ccccc7)n6)cc5)c4)c3c2)cc1. The Hall–Kier alpha value is -7.43. The molecule has 55 heavy (non-hydrogen) atoms. The summed E-state index contributed by atoms with van der Waals surface area (Å²) < 4.78 is 2.42. The van der Waals surface area contributed by atoms with Crippen LogP contribution in [0.1, 0.15) is 0 Å². The molecule has 4 heteroatoms. The van der Waals surface area contributed by atoms with Crippen LogP contribution in [0.2, 0.25) is 0 Å². The smallest absolute Gasteiger partial charge is 0.164 e. The number of para-hydroxylation sites is 1. The zero-order valence-electron chi connectivity index (χ0n) is 29.9. The Bertz CT molecular complexity index is 2880. The molecule has 4 nitrogen and oxygen atoms in total.